The number of ketones is 1. The van der Waals surface area contributed by atoms with E-state index in [1.54, 1.807) is 19.1 Å². The van der Waals surface area contributed by atoms with E-state index in [-0.39, 0.29) is 28.9 Å². The normalized spacial score (nSPS) is 11.6. The van der Waals surface area contributed by atoms with Crippen LogP contribution in [0.2, 0.25) is 0 Å². The molecule has 0 saturated carbocycles. The first-order valence-electron chi connectivity index (χ1n) is 5.19. The number of carbonyl (C=O) groups excluding carboxylic acids is 1. The van der Waals surface area contributed by atoms with Gasteiger partial charge in [0.2, 0.25) is 0 Å². The van der Waals surface area contributed by atoms with E-state index in [4.69, 9.17) is 0 Å². The number of carbonyl (C=O) groups is 1. The Morgan fingerprint density at radius 2 is 2.00 bits per heavy atom. The lowest BCUT2D eigenvalue weighted by Crippen LogP contribution is -2.03. The van der Waals surface area contributed by atoms with Crippen LogP contribution < -0.4 is 0 Å². The molecule has 5 heteroatoms. The van der Waals surface area contributed by atoms with Crippen molar-refractivity contribution in [3.05, 3.63) is 29.3 Å². The van der Waals surface area contributed by atoms with E-state index >= 15 is 0 Å². The summed E-state index contributed by atoms with van der Waals surface area (Å²) in [5.74, 6) is -0.0581. The molecule has 0 bridgehead atoms. The van der Waals surface area contributed by atoms with Crippen molar-refractivity contribution >= 4 is 17.5 Å². The van der Waals surface area contributed by atoms with E-state index in [0.717, 1.165) is 0 Å². The molecule has 0 saturated heterocycles. The Bertz CT molecular complexity index is 413. The number of benzene rings is 1. The number of hydrogen-bond donors (Lipinski definition) is 0. The third-order valence-corrected chi connectivity index (χ3v) is 3.02. The molecule has 0 radical (unpaired) electrons. The minimum Gasteiger partial charge on any atom is -0.300 e. The lowest BCUT2D eigenvalue weighted by molar-refractivity contribution is -0.116. The maximum atomic E-state index is 12.3. The molecule has 0 spiro atoms. The van der Waals surface area contributed by atoms with Gasteiger partial charge in [0.15, 0.2) is 0 Å². The van der Waals surface area contributed by atoms with Crippen LogP contribution in [-0.2, 0) is 17.6 Å². The molecule has 17 heavy (non-hydrogen) atoms. The zero-order valence-corrected chi connectivity index (χ0v) is 10.4. The van der Waals surface area contributed by atoms with Crippen LogP contribution >= 0.6 is 11.8 Å². The van der Waals surface area contributed by atoms with Crippen LogP contribution in [0.3, 0.4) is 0 Å². The summed E-state index contributed by atoms with van der Waals surface area (Å²) in [6.45, 7) is 3.23. The standard InChI is InChI=1S/C12H13F3OS/c1-3-10-5-4-9(6-8(2)16)7-11(10)17-12(13,14)15/h4-5,7H,3,6H2,1-2H3. The Kier molecular flexibility index (Phi) is 4.62. The van der Waals surface area contributed by atoms with Gasteiger partial charge in [0.25, 0.3) is 0 Å². The van der Waals surface area contributed by atoms with Crippen LogP contribution in [-0.4, -0.2) is 11.3 Å². The molecule has 0 atom stereocenters. The van der Waals surface area contributed by atoms with Crippen LogP contribution in [0.4, 0.5) is 13.2 Å². The molecule has 1 aromatic rings. The predicted octanol–water partition coefficient (Wildman–Crippen LogP) is 3.99. The summed E-state index contributed by atoms with van der Waals surface area (Å²) < 4.78 is 37.0. The highest BCUT2D eigenvalue weighted by molar-refractivity contribution is 8.00. The molecular weight excluding hydrogens is 249 g/mol. The summed E-state index contributed by atoms with van der Waals surface area (Å²) in [6.07, 6.45) is 0.716. The third kappa shape index (κ3) is 4.81. The molecule has 94 valence electrons. The minimum atomic E-state index is -4.29. The fourth-order valence-electron chi connectivity index (χ4n) is 1.51. The topological polar surface area (TPSA) is 17.1 Å². The molecular formula is C12H13F3OS. The van der Waals surface area contributed by atoms with Gasteiger partial charge in [0.1, 0.15) is 5.78 Å². The molecule has 1 rings (SSSR count). The molecule has 0 unspecified atom stereocenters. The monoisotopic (exact) mass is 262 g/mol. The average Bonchev–Trinajstić information content (AvgIpc) is 2.14. The minimum absolute atomic E-state index is 0.0581. The summed E-state index contributed by atoms with van der Waals surface area (Å²) in [5.41, 5.74) is -3.01. The highest BCUT2D eigenvalue weighted by atomic mass is 32.2. The maximum absolute atomic E-state index is 12.3. The van der Waals surface area contributed by atoms with Crippen molar-refractivity contribution in [3.8, 4) is 0 Å². The molecule has 1 nitrogen and oxygen atoms in total. The fourth-order valence-corrected chi connectivity index (χ4v) is 2.31. The summed E-state index contributed by atoms with van der Waals surface area (Å²) in [6, 6.07) is 4.82. The molecule has 0 aliphatic carbocycles. The summed E-state index contributed by atoms with van der Waals surface area (Å²) in [7, 11) is 0. The number of Topliss-reactive ketones (excluding diaryl/α,β-unsaturated/α-hetero) is 1. The summed E-state index contributed by atoms with van der Waals surface area (Å²) in [5, 5.41) is 0. The lowest BCUT2D eigenvalue weighted by atomic mass is 10.1. The van der Waals surface area contributed by atoms with Crippen LogP contribution in [0.25, 0.3) is 0 Å². The number of halogens is 3. The average molecular weight is 262 g/mol. The highest BCUT2D eigenvalue weighted by Gasteiger charge is 2.30. The molecule has 0 fully saturated rings. The van der Waals surface area contributed by atoms with Gasteiger partial charge in [-0.25, -0.2) is 0 Å². The number of hydrogen-bond acceptors (Lipinski definition) is 2. The van der Waals surface area contributed by atoms with Crippen molar-refractivity contribution in [2.75, 3.05) is 0 Å². The van der Waals surface area contributed by atoms with Gasteiger partial charge in [0, 0.05) is 11.3 Å². The van der Waals surface area contributed by atoms with Gasteiger partial charge >= 0.3 is 5.51 Å². The second-order valence-electron chi connectivity index (χ2n) is 3.72. The van der Waals surface area contributed by atoms with Crippen LogP contribution in [0.1, 0.15) is 25.0 Å². The van der Waals surface area contributed by atoms with Gasteiger partial charge in [-0.05, 0) is 42.3 Å². The summed E-state index contributed by atoms with van der Waals surface area (Å²) in [4.78, 5) is 11.1. The van der Waals surface area contributed by atoms with E-state index < -0.39 is 5.51 Å². The number of thioether (sulfide) groups is 1. The fraction of sp³-hybridized carbons (Fsp3) is 0.417. The molecule has 0 heterocycles. The summed E-state index contributed by atoms with van der Waals surface area (Å²) >= 11 is -0.118. The van der Waals surface area contributed by atoms with Crippen LogP contribution in [0, 0.1) is 0 Å². The second kappa shape index (κ2) is 5.58. The van der Waals surface area contributed by atoms with Gasteiger partial charge in [0.05, 0.1) is 0 Å². The predicted molar refractivity (Wildman–Crippen MR) is 62.1 cm³/mol. The zero-order valence-electron chi connectivity index (χ0n) is 9.60. The Balaban J connectivity index is 3.02. The molecule has 0 N–H and O–H groups in total. The van der Waals surface area contributed by atoms with Crippen molar-refractivity contribution in [3.63, 3.8) is 0 Å². The van der Waals surface area contributed by atoms with Crippen molar-refractivity contribution in [2.24, 2.45) is 0 Å². The van der Waals surface area contributed by atoms with Gasteiger partial charge in [-0.15, -0.1) is 0 Å². The van der Waals surface area contributed by atoms with E-state index in [1.807, 2.05) is 0 Å². The van der Waals surface area contributed by atoms with Crippen LogP contribution in [0.5, 0.6) is 0 Å². The number of aryl methyl sites for hydroxylation is 1. The SMILES string of the molecule is CCc1ccc(CC(C)=O)cc1SC(F)(F)F. The molecule has 0 aromatic heterocycles. The first-order chi connectivity index (χ1) is 7.81. The molecule has 1 aromatic carbocycles. The zero-order chi connectivity index (χ0) is 13.1. The first-order valence-corrected chi connectivity index (χ1v) is 6.00. The largest absolute Gasteiger partial charge is 0.446 e. The van der Waals surface area contributed by atoms with Gasteiger partial charge < -0.3 is 0 Å². The Hall–Kier alpha value is -0.970. The third-order valence-electron chi connectivity index (χ3n) is 2.19. The lowest BCUT2D eigenvalue weighted by Gasteiger charge is -2.11. The Morgan fingerprint density at radius 1 is 1.35 bits per heavy atom. The van der Waals surface area contributed by atoms with Crippen molar-refractivity contribution in [1.82, 2.24) is 0 Å². The quantitative estimate of drug-likeness (QED) is 0.763. The first kappa shape index (κ1) is 14.1. The second-order valence-corrected chi connectivity index (χ2v) is 4.83. The van der Waals surface area contributed by atoms with Gasteiger partial charge in [-0.2, -0.15) is 13.2 Å². The van der Waals surface area contributed by atoms with Crippen LogP contribution in [0.15, 0.2) is 23.1 Å². The van der Waals surface area contributed by atoms with Gasteiger partial charge in [-0.3, -0.25) is 4.79 Å². The van der Waals surface area contributed by atoms with Crippen molar-refractivity contribution in [2.45, 2.75) is 37.1 Å². The Morgan fingerprint density at radius 3 is 2.47 bits per heavy atom. The number of alkyl halides is 3. The van der Waals surface area contributed by atoms with Crippen molar-refractivity contribution < 1.29 is 18.0 Å². The molecule has 0 aliphatic heterocycles. The highest BCUT2D eigenvalue weighted by Crippen LogP contribution is 2.39. The van der Waals surface area contributed by atoms with E-state index in [1.165, 1.54) is 13.0 Å². The number of rotatable bonds is 4. The van der Waals surface area contributed by atoms with E-state index in [0.29, 0.717) is 17.5 Å². The Labute approximate surface area is 102 Å². The maximum Gasteiger partial charge on any atom is 0.446 e. The van der Waals surface area contributed by atoms with Gasteiger partial charge in [-0.1, -0.05) is 19.1 Å². The smallest absolute Gasteiger partial charge is 0.300 e. The van der Waals surface area contributed by atoms with E-state index in [9.17, 15) is 18.0 Å². The van der Waals surface area contributed by atoms with Crippen molar-refractivity contribution in [1.29, 1.82) is 0 Å². The molecule has 0 amide bonds. The molecule has 0 aliphatic rings. The van der Waals surface area contributed by atoms with E-state index in [2.05, 4.69) is 0 Å².